The second kappa shape index (κ2) is 5.43. The summed E-state index contributed by atoms with van der Waals surface area (Å²) in [6.07, 6.45) is 1.23. The lowest BCUT2D eigenvalue weighted by Crippen LogP contribution is -2.09. The van der Waals surface area contributed by atoms with Gasteiger partial charge in [-0.25, -0.2) is 4.79 Å². The van der Waals surface area contributed by atoms with Crippen molar-refractivity contribution in [1.29, 1.82) is 0 Å². The Morgan fingerprint density at radius 3 is 2.59 bits per heavy atom. The van der Waals surface area contributed by atoms with E-state index in [0.29, 0.717) is 12.0 Å². The van der Waals surface area contributed by atoms with Crippen molar-refractivity contribution in [3.8, 4) is 11.5 Å². The van der Waals surface area contributed by atoms with Crippen LogP contribution in [0.4, 0.5) is 5.69 Å². The van der Waals surface area contributed by atoms with Crippen molar-refractivity contribution in [3.05, 3.63) is 17.2 Å². The fourth-order valence-electron chi connectivity index (χ4n) is 1.61. The molecule has 0 aromatic heterocycles. The largest absolute Gasteiger partial charge is 0.506 e. The van der Waals surface area contributed by atoms with Crippen LogP contribution in [0.2, 0.25) is 0 Å². The number of rotatable bonds is 4. The van der Waals surface area contributed by atoms with Gasteiger partial charge in [0.15, 0.2) is 0 Å². The number of hydrogen-bond donors (Lipinski definition) is 3. The monoisotopic (exact) mass is 239 g/mol. The van der Waals surface area contributed by atoms with E-state index in [1.807, 2.05) is 6.92 Å². The molecule has 0 aliphatic heterocycles. The first kappa shape index (κ1) is 13.2. The standard InChI is InChI=1S/C12H17NO4/c1-3-5-7-8(12(16)17-4-2)6-9(14)10(13)11(7)15/h6,14-15H,3-5,13H2,1-2H3. The minimum absolute atomic E-state index is 0.110. The molecule has 0 saturated heterocycles. The number of aromatic hydroxyl groups is 2. The third-order valence-corrected chi connectivity index (χ3v) is 2.42. The number of anilines is 1. The molecule has 1 aromatic carbocycles. The maximum absolute atomic E-state index is 11.7. The van der Waals surface area contributed by atoms with Crippen LogP contribution >= 0.6 is 0 Å². The van der Waals surface area contributed by atoms with Crippen molar-refractivity contribution in [2.45, 2.75) is 26.7 Å². The lowest BCUT2D eigenvalue weighted by Gasteiger charge is -2.13. The molecule has 5 nitrogen and oxygen atoms in total. The van der Waals surface area contributed by atoms with Crippen LogP contribution in [0, 0.1) is 0 Å². The van der Waals surface area contributed by atoms with Gasteiger partial charge in [0.25, 0.3) is 0 Å². The van der Waals surface area contributed by atoms with Gasteiger partial charge in [0.05, 0.1) is 12.2 Å². The van der Waals surface area contributed by atoms with E-state index in [-0.39, 0.29) is 29.4 Å². The molecule has 0 radical (unpaired) electrons. The second-order valence-corrected chi connectivity index (χ2v) is 3.65. The van der Waals surface area contributed by atoms with Gasteiger partial charge in [-0.3, -0.25) is 0 Å². The predicted molar refractivity (Wildman–Crippen MR) is 64.1 cm³/mol. The summed E-state index contributed by atoms with van der Waals surface area (Å²) in [6.45, 7) is 3.84. The van der Waals surface area contributed by atoms with Gasteiger partial charge in [-0.2, -0.15) is 0 Å². The van der Waals surface area contributed by atoms with Crippen molar-refractivity contribution in [1.82, 2.24) is 0 Å². The van der Waals surface area contributed by atoms with Crippen LogP contribution in [-0.2, 0) is 11.2 Å². The molecule has 0 amide bonds. The SMILES string of the molecule is CCCc1c(C(=O)OCC)cc(O)c(N)c1O. The van der Waals surface area contributed by atoms with Gasteiger partial charge in [-0.05, 0) is 19.4 Å². The molecule has 1 rings (SSSR count). The van der Waals surface area contributed by atoms with Crippen LogP contribution < -0.4 is 5.73 Å². The Morgan fingerprint density at radius 2 is 2.06 bits per heavy atom. The molecular formula is C12H17NO4. The first-order valence-electron chi connectivity index (χ1n) is 5.53. The average molecular weight is 239 g/mol. The molecule has 0 unspecified atom stereocenters. The molecular weight excluding hydrogens is 222 g/mol. The number of hydrogen-bond acceptors (Lipinski definition) is 5. The Bertz CT molecular complexity index is 429. The van der Waals surface area contributed by atoms with Gasteiger partial charge in [0.2, 0.25) is 0 Å². The van der Waals surface area contributed by atoms with Crippen LogP contribution in [0.15, 0.2) is 6.07 Å². The third kappa shape index (κ3) is 2.61. The summed E-state index contributed by atoms with van der Waals surface area (Å²) in [6, 6.07) is 1.23. The number of phenols is 2. The number of benzene rings is 1. The van der Waals surface area contributed by atoms with Crippen LogP contribution in [0.1, 0.15) is 36.2 Å². The zero-order chi connectivity index (χ0) is 13.0. The van der Waals surface area contributed by atoms with E-state index >= 15 is 0 Å². The fourth-order valence-corrected chi connectivity index (χ4v) is 1.61. The highest BCUT2D eigenvalue weighted by Gasteiger charge is 2.20. The summed E-state index contributed by atoms with van der Waals surface area (Å²) in [5, 5.41) is 19.3. The van der Waals surface area contributed by atoms with Crippen molar-refractivity contribution >= 4 is 11.7 Å². The van der Waals surface area contributed by atoms with Crippen molar-refractivity contribution in [2.75, 3.05) is 12.3 Å². The summed E-state index contributed by atoms with van der Waals surface area (Å²) < 4.78 is 4.86. The summed E-state index contributed by atoms with van der Waals surface area (Å²) in [5.74, 6) is -1.12. The highest BCUT2D eigenvalue weighted by Crippen LogP contribution is 2.37. The van der Waals surface area contributed by atoms with Crippen LogP contribution in [0.25, 0.3) is 0 Å². The van der Waals surface area contributed by atoms with Gasteiger partial charge in [0.1, 0.15) is 17.2 Å². The number of nitrogens with two attached hydrogens (primary N) is 1. The molecule has 5 heteroatoms. The molecule has 1 aromatic rings. The number of ether oxygens (including phenoxy) is 1. The Balaban J connectivity index is 3.31. The fraction of sp³-hybridized carbons (Fsp3) is 0.417. The smallest absolute Gasteiger partial charge is 0.338 e. The van der Waals surface area contributed by atoms with Crippen molar-refractivity contribution in [3.63, 3.8) is 0 Å². The first-order chi connectivity index (χ1) is 8.02. The van der Waals surface area contributed by atoms with Crippen molar-refractivity contribution in [2.24, 2.45) is 0 Å². The zero-order valence-electron chi connectivity index (χ0n) is 9.99. The van der Waals surface area contributed by atoms with E-state index in [1.165, 1.54) is 6.07 Å². The van der Waals surface area contributed by atoms with Crippen LogP contribution in [0.5, 0.6) is 11.5 Å². The van der Waals surface area contributed by atoms with E-state index in [2.05, 4.69) is 0 Å². The van der Waals surface area contributed by atoms with Gasteiger partial charge in [-0.1, -0.05) is 13.3 Å². The number of esters is 1. The van der Waals surface area contributed by atoms with Gasteiger partial charge in [0, 0.05) is 5.56 Å². The molecule has 0 saturated carbocycles. The molecule has 0 aliphatic rings. The molecule has 94 valence electrons. The molecule has 0 fully saturated rings. The Labute approximate surface area is 99.8 Å². The Kier molecular flexibility index (Phi) is 4.20. The predicted octanol–water partition coefficient (Wildman–Crippen LogP) is 1.81. The summed E-state index contributed by atoms with van der Waals surface area (Å²) in [4.78, 5) is 11.7. The van der Waals surface area contributed by atoms with E-state index < -0.39 is 5.97 Å². The number of carbonyl (C=O) groups excluding carboxylic acids is 1. The zero-order valence-corrected chi connectivity index (χ0v) is 9.99. The molecule has 17 heavy (non-hydrogen) atoms. The Morgan fingerprint density at radius 1 is 1.41 bits per heavy atom. The lowest BCUT2D eigenvalue weighted by atomic mass is 10.00. The van der Waals surface area contributed by atoms with Crippen LogP contribution in [-0.4, -0.2) is 22.8 Å². The molecule has 0 spiro atoms. The average Bonchev–Trinajstić information content (AvgIpc) is 2.30. The van der Waals surface area contributed by atoms with Crippen molar-refractivity contribution < 1.29 is 19.7 Å². The Hall–Kier alpha value is -1.91. The quantitative estimate of drug-likeness (QED) is 0.423. The van der Waals surface area contributed by atoms with Crippen LogP contribution in [0.3, 0.4) is 0 Å². The van der Waals surface area contributed by atoms with E-state index in [0.717, 1.165) is 6.42 Å². The third-order valence-electron chi connectivity index (χ3n) is 2.42. The van der Waals surface area contributed by atoms with Gasteiger partial charge < -0.3 is 20.7 Å². The summed E-state index contributed by atoms with van der Waals surface area (Å²) >= 11 is 0. The van der Waals surface area contributed by atoms with Gasteiger partial charge in [-0.15, -0.1) is 0 Å². The molecule has 0 bridgehead atoms. The maximum atomic E-state index is 11.7. The van der Waals surface area contributed by atoms with E-state index in [4.69, 9.17) is 10.5 Å². The summed E-state index contributed by atoms with van der Waals surface area (Å²) in [7, 11) is 0. The van der Waals surface area contributed by atoms with E-state index in [9.17, 15) is 15.0 Å². The molecule has 0 aliphatic carbocycles. The summed E-state index contributed by atoms with van der Waals surface area (Å²) in [5.41, 5.74) is 5.98. The second-order valence-electron chi connectivity index (χ2n) is 3.65. The van der Waals surface area contributed by atoms with E-state index in [1.54, 1.807) is 6.92 Å². The normalized spacial score (nSPS) is 10.2. The highest BCUT2D eigenvalue weighted by atomic mass is 16.5. The molecule has 0 heterocycles. The minimum Gasteiger partial charge on any atom is -0.506 e. The topological polar surface area (TPSA) is 92.8 Å². The molecule has 0 atom stereocenters. The number of nitrogen functional groups attached to an aromatic ring is 1. The first-order valence-corrected chi connectivity index (χ1v) is 5.53. The molecule has 4 N–H and O–H groups in total. The van der Waals surface area contributed by atoms with Gasteiger partial charge >= 0.3 is 5.97 Å². The maximum Gasteiger partial charge on any atom is 0.338 e. The minimum atomic E-state index is -0.568. The number of phenolic OH excluding ortho intramolecular Hbond substituents is 2. The highest BCUT2D eigenvalue weighted by molar-refractivity contribution is 5.94. The lowest BCUT2D eigenvalue weighted by molar-refractivity contribution is 0.0524. The number of carbonyl (C=O) groups is 1.